The van der Waals surface area contributed by atoms with Crippen molar-refractivity contribution in [1.29, 1.82) is 0 Å². The van der Waals surface area contributed by atoms with Gasteiger partial charge in [-0.3, -0.25) is 19.1 Å². The van der Waals surface area contributed by atoms with Gasteiger partial charge in [-0.25, -0.2) is 28.7 Å². The molecule has 0 radical (unpaired) electrons. The van der Waals surface area contributed by atoms with Crippen LogP contribution in [0.3, 0.4) is 0 Å². The second-order valence-electron chi connectivity index (χ2n) is 10.3. The van der Waals surface area contributed by atoms with Crippen LogP contribution in [0.25, 0.3) is 11.8 Å². The number of rotatable bonds is 8. The Morgan fingerprint density at radius 1 is 1.26 bits per heavy atom. The largest absolute Gasteiger partial charge is 0.350 e. The topological polar surface area (TPSA) is 123 Å². The lowest BCUT2D eigenvalue weighted by Gasteiger charge is -2.30. The van der Waals surface area contributed by atoms with E-state index >= 15 is 0 Å². The van der Waals surface area contributed by atoms with Gasteiger partial charge in [-0.05, 0) is 63.3 Å². The molecule has 1 aromatic heterocycles. The maximum Gasteiger partial charge on any atom is 0.337 e. The number of nitrogens with zero attached hydrogens (tertiary/aromatic N) is 6. The number of hydrogen-bond acceptors (Lipinski definition) is 6. The van der Waals surface area contributed by atoms with Crippen molar-refractivity contribution >= 4 is 35.4 Å². The summed E-state index contributed by atoms with van der Waals surface area (Å²) in [4.78, 5) is 57.0. The molecule has 224 valence electrons. The van der Waals surface area contributed by atoms with Crippen LogP contribution in [0.5, 0.6) is 0 Å². The number of carbonyl (C=O) groups is 1. The van der Waals surface area contributed by atoms with Crippen molar-refractivity contribution in [1.82, 2.24) is 14.5 Å². The first-order chi connectivity index (χ1) is 20.8. The SMILES string of the molecule is C=C/C=C(\C=C(\C)CC)n1c2c(c(=O)n(C3CCC(NC(=O)/C=C/N=C4N=CC=CC4=NC)CC3)c1=O)=CCC(F)=CN=2. The van der Waals surface area contributed by atoms with E-state index in [1.807, 2.05) is 19.9 Å². The number of dihydropyridines is 1. The van der Waals surface area contributed by atoms with Crippen molar-refractivity contribution in [2.75, 3.05) is 7.05 Å². The van der Waals surface area contributed by atoms with Crippen molar-refractivity contribution in [2.24, 2.45) is 20.0 Å². The number of aliphatic imine (C=N–C) groups is 3. The van der Waals surface area contributed by atoms with Crippen molar-refractivity contribution in [3.63, 3.8) is 0 Å². The van der Waals surface area contributed by atoms with Gasteiger partial charge in [0, 0.05) is 44.0 Å². The summed E-state index contributed by atoms with van der Waals surface area (Å²) in [7, 11) is 1.64. The second-order valence-corrected chi connectivity index (χ2v) is 10.3. The maximum absolute atomic E-state index is 14.2. The minimum atomic E-state index is -0.547. The van der Waals surface area contributed by atoms with E-state index in [-0.39, 0.29) is 29.1 Å². The van der Waals surface area contributed by atoms with E-state index in [2.05, 4.69) is 31.9 Å². The predicted octanol–water partition coefficient (Wildman–Crippen LogP) is 3.23. The summed E-state index contributed by atoms with van der Waals surface area (Å²) >= 11 is 0. The van der Waals surface area contributed by atoms with Gasteiger partial charge in [0.05, 0.1) is 17.1 Å². The summed E-state index contributed by atoms with van der Waals surface area (Å²) in [5.41, 5.74) is 1.16. The summed E-state index contributed by atoms with van der Waals surface area (Å²) in [5.74, 6) is -0.387. The molecule has 1 aliphatic carbocycles. The Morgan fingerprint density at radius 3 is 2.72 bits per heavy atom. The Bertz CT molecular complexity index is 1770. The number of amides is 1. The van der Waals surface area contributed by atoms with Gasteiger partial charge in [-0.15, -0.1) is 0 Å². The van der Waals surface area contributed by atoms with Crippen molar-refractivity contribution < 1.29 is 9.18 Å². The number of halogens is 1. The lowest BCUT2D eigenvalue weighted by Crippen LogP contribution is -2.59. The molecule has 3 heterocycles. The fraction of sp³-hybridized carbons (Fsp3) is 0.344. The summed E-state index contributed by atoms with van der Waals surface area (Å²) in [6.07, 6.45) is 18.3. The van der Waals surface area contributed by atoms with Crippen LogP contribution in [-0.2, 0) is 4.79 Å². The smallest absolute Gasteiger partial charge is 0.337 e. The molecule has 0 saturated heterocycles. The van der Waals surface area contributed by atoms with Crippen LogP contribution >= 0.6 is 0 Å². The first-order valence-electron chi connectivity index (χ1n) is 14.3. The van der Waals surface area contributed by atoms with Gasteiger partial charge in [0.25, 0.3) is 5.56 Å². The Balaban J connectivity index is 1.59. The average Bonchev–Trinajstić information content (AvgIpc) is 3.20. The van der Waals surface area contributed by atoms with E-state index in [1.165, 1.54) is 27.5 Å². The van der Waals surface area contributed by atoms with E-state index < -0.39 is 23.1 Å². The Kier molecular flexibility index (Phi) is 10.4. The number of aromatic nitrogens is 2. The third kappa shape index (κ3) is 7.35. The number of hydrogen-bond donors (Lipinski definition) is 1. The molecule has 1 amide bonds. The Hall–Kier alpha value is -4.80. The quantitative estimate of drug-likeness (QED) is 0.372. The van der Waals surface area contributed by atoms with Crippen LogP contribution in [0.15, 0.2) is 96.4 Å². The molecule has 0 aromatic carbocycles. The van der Waals surface area contributed by atoms with Gasteiger partial charge >= 0.3 is 5.69 Å². The number of allylic oxidation sites excluding steroid dienone is 7. The summed E-state index contributed by atoms with van der Waals surface area (Å²) in [5, 5.41) is 3.15. The van der Waals surface area contributed by atoms with Crippen LogP contribution in [0.2, 0.25) is 0 Å². The van der Waals surface area contributed by atoms with E-state index in [0.29, 0.717) is 42.9 Å². The predicted molar refractivity (Wildman–Crippen MR) is 170 cm³/mol. The summed E-state index contributed by atoms with van der Waals surface area (Å²) < 4.78 is 16.9. The van der Waals surface area contributed by atoms with E-state index in [1.54, 1.807) is 37.6 Å². The molecular weight excluding hydrogens is 549 g/mol. The normalized spacial score (nSPS) is 22.6. The molecule has 0 bridgehead atoms. The molecule has 1 N–H and O–H groups in total. The lowest BCUT2D eigenvalue weighted by molar-refractivity contribution is -0.117. The van der Waals surface area contributed by atoms with Gasteiger partial charge in [0.15, 0.2) is 11.3 Å². The first kappa shape index (κ1) is 31.1. The third-order valence-corrected chi connectivity index (χ3v) is 7.46. The molecule has 2 aliphatic heterocycles. The van der Waals surface area contributed by atoms with E-state index in [4.69, 9.17) is 0 Å². The van der Waals surface area contributed by atoms with Crippen molar-refractivity contribution in [2.45, 2.75) is 64.5 Å². The molecule has 43 heavy (non-hydrogen) atoms. The van der Waals surface area contributed by atoms with Crippen LogP contribution in [0, 0.1) is 0 Å². The van der Waals surface area contributed by atoms with Crippen LogP contribution < -0.4 is 27.3 Å². The molecule has 1 fully saturated rings. The molecule has 3 aliphatic rings. The monoisotopic (exact) mass is 585 g/mol. The second kappa shape index (κ2) is 14.4. The van der Waals surface area contributed by atoms with Crippen LogP contribution in [-0.4, -0.2) is 45.9 Å². The highest BCUT2D eigenvalue weighted by molar-refractivity contribution is 6.48. The zero-order valence-electron chi connectivity index (χ0n) is 24.7. The van der Waals surface area contributed by atoms with Gasteiger partial charge in [-0.1, -0.05) is 31.2 Å². The summed E-state index contributed by atoms with van der Waals surface area (Å²) in [6.45, 7) is 7.72. The van der Waals surface area contributed by atoms with Crippen LogP contribution in [0.4, 0.5) is 4.39 Å². The minimum absolute atomic E-state index is 0.0933. The van der Waals surface area contributed by atoms with Gasteiger partial charge in [0.1, 0.15) is 11.5 Å². The zero-order chi connectivity index (χ0) is 30.9. The molecule has 1 saturated carbocycles. The zero-order valence-corrected chi connectivity index (χ0v) is 24.7. The maximum atomic E-state index is 14.2. The molecule has 10 nitrogen and oxygen atoms in total. The van der Waals surface area contributed by atoms with E-state index in [9.17, 15) is 18.8 Å². The fourth-order valence-corrected chi connectivity index (χ4v) is 5.10. The number of fused-ring (bicyclic) bond motifs is 1. The molecule has 1 aromatic rings. The molecule has 0 atom stereocenters. The number of nitrogens with one attached hydrogen (secondary N) is 1. The van der Waals surface area contributed by atoms with E-state index in [0.717, 1.165) is 18.2 Å². The third-order valence-electron chi connectivity index (χ3n) is 7.46. The average molecular weight is 586 g/mol. The van der Waals surface area contributed by atoms with Crippen molar-refractivity contribution in [3.8, 4) is 0 Å². The van der Waals surface area contributed by atoms with Gasteiger partial charge in [0.2, 0.25) is 5.91 Å². The summed E-state index contributed by atoms with van der Waals surface area (Å²) in [6, 6.07) is -0.527. The van der Waals surface area contributed by atoms with Gasteiger partial charge < -0.3 is 5.32 Å². The molecule has 4 rings (SSSR count). The van der Waals surface area contributed by atoms with Gasteiger partial charge in [-0.2, -0.15) is 0 Å². The lowest BCUT2D eigenvalue weighted by atomic mass is 9.91. The molecule has 0 unspecified atom stereocenters. The highest BCUT2D eigenvalue weighted by atomic mass is 19.1. The number of amidine groups is 1. The Labute approximate surface area is 248 Å². The standard InChI is InChI=1S/C32H36FN7O3/c1-5-8-25(19-21(3)6-2)39-30-26(15-10-22(33)20-37-30)31(42)40(32(39)43)24-13-11-23(12-14-24)38-28(41)16-18-36-29-27(34-4)9-7-17-35-29/h5,7-9,15-20,23-24H,1,6,10-14H2,2-4H3,(H,38,41)/b18-16+,21-19-,25-8+,34-27?,36-29?. The Morgan fingerprint density at radius 2 is 2.02 bits per heavy atom. The minimum Gasteiger partial charge on any atom is -0.350 e. The first-order valence-corrected chi connectivity index (χ1v) is 14.3. The molecule has 0 spiro atoms. The highest BCUT2D eigenvalue weighted by Crippen LogP contribution is 2.26. The number of carbonyl (C=O) groups excluding carboxylic acids is 1. The molecule has 11 heteroatoms. The van der Waals surface area contributed by atoms with Crippen molar-refractivity contribution in [3.05, 3.63) is 98.4 Å². The fourth-order valence-electron chi connectivity index (χ4n) is 5.10. The molecular formula is C32H36FN7O3. The van der Waals surface area contributed by atoms with Crippen LogP contribution in [0.1, 0.15) is 58.4 Å². The highest BCUT2D eigenvalue weighted by Gasteiger charge is 2.27.